The van der Waals surface area contributed by atoms with Gasteiger partial charge in [0.2, 0.25) is 15.9 Å². The topological polar surface area (TPSA) is 103 Å². The van der Waals surface area contributed by atoms with Crippen molar-refractivity contribution < 1.29 is 32.2 Å². The van der Waals surface area contributed by atoms with E-state index in [0.29, 0.717) is 49.2 Å². The number of carbonyl (C=O) groups is 1. The van der Waals surface area contributed by atoms with Crippen LogP contribution in [-0.4, -0.2) is 59.2 Å². The average Bonchev–Trinajstić information content (AvgIpc) is 2.92. The monoisotopic (exact) mass is 526 g/mol. The molecule has 0 unspecified atom stereocenters. The van der Waals surface area contributed by atoms with Crippen LogP contribution in [0.15, 0.2) is 71.6 Å². The maximum Gasteiger partial charge on any atom is 0.243 e. The fourth-order valence-corrected chi connectivity index (χ4v) is 5.34. The second-order valence-corrected chi connectivity index (χ2v) is 10.3. The molecule has 1 heterocycles. The van der Waals surface area contributed by atoms with Crippen LogP contribution >= 0.6 is 0 Å². The number of hydrogen-bond acceptors (Lipinski definition) is 7. The van der Waals surface area contributed by atoms with Crippen molar-refractivity contribution in [3.8, 4) is 23.0 Å². The third kappa shape index (κ3) is 6.52. The van der Waals surface area contributed by atoms with E-state index in [1.807, 2.05) is 42.5 Å². The molecule has 9 nitrogen and oxygen atoms in total. The minimum absolute atomic E-state index is 0.0332. The van der Waals surface area contributed by atoms with Crippen molar-refractivity contribution in [1.82, 2.24) is 9.62 Å². The molecule has 0 saturated heterocycles. The standard InChI is InChI=1S/C27H30N2O7S/c1-33-23-10-8-20(16-25(23)34-2)12-13-28-27(30)19-29(18-21-6-4-3-5-7-21)37(31,32)22-9-11-24-26(17-22)36-15-14-35-24/h3-11,16-17H,12-15,18-19H2,1-2H3,(H,28,30). The summed E-state index contributed by atoms with van der Waals surface area (Å²) >= 11 is 0. The molecule has 3 aromatic carbocycles. The van der Waals surface area contributed by atoms with E-state index < -0.39 is 15.9 Å². The van der Waals surface area contributed by atoms with Gasteiger partial charge in [-0.2, -0.15) is 4.31 Å². The van der Waals surface area contributed by atoms with Crippen LogP contribution in [-0.2, 0) is 27.8 Å². The van der Waals surface area contributed by atoms with Gasteiger partial charge >= 0.3 is 0 Å². The second-order valence-electron chi connectivity index (χ2n) is 8.35. The highest BCUT2D eigenvalue weighted by Crippen LogP contribution is 2.33. The highest BCUT2D eigenvalue weighted by Gasteiger charge is 2.28. The molecule has 4 rings (SSSR count). The van der Waals surface area contributed by atoms with Crippen LogP contribution in [0.3, 0.4) is 0 Å². The van der Waals surface area contributed by atoms with Gasteiger partial charge < -0.3 is 24.3 Å². The van der Waals surface area contributed by atoms with Crippen molar-refractivity contribution in [2.75, 3.05) is 40.5 Å². The van der Waals surface area contributed by atoms with Crippen molar-refractivity contribution in [3.63, 3.8) is 0 Å². The van der Waals surface area contributed by atoms with Crippen LogP contribution < -0.4 is 24.3 Å². The van der Waals surface area contributed by atoms with E-state index in [2.05, 4.69) is 5.32 Å². The summed E-state index contributed by atoms with van der Waals surface area (Å²) in [6.07, 6.45) is 0.541. The summed E-state index contributed by atoms with van der Waals surface area (Å²) in [4.78, 5) is 12.9. The number of benzene rings is 3. The summed E-state index contributed by atoms with van der Waals surface area (Å²) in [5, 5.41) is 2.83. The molecule has 0 fully saturated rings. The van der Waals surface area contributed by atoms with E-state index >= 15 is 0 Å². The number of carbonyl (C=O) groups excluding carboxylic acids is 1. The lowest BCUT2D eigenvalue weighted by atomic mass is 10.1. The normalized spacial score (nSPS) is 12.7. The van der Waals surface area contributed by atoms with Gasteiger partial charge in [-0.1, -0.05) is 36.4 Å². The smallest absolute Gasteiger partial charge is 0.243 e. The number of amides is 1. The van der Waals surface area contributed by atoms with E-state index in [0.717, 1.165) is 11.1 Å². The molecule has 0 spiro atoms. The summed E-state index contributed by atoms with van der Waals surface area (Å²) in [7, 11) is -0.885. The molecule has 0 aliphatic carbocycles. The van der Waals surface area contributed by atoms with Gasteiger partial charge in [0.25, 0.3) is 0 Å². The molecule has 196 valence electrons. The molecule has 0 bridgehead atoms. The highest BCUT2D eigenvalue weighted by molar-refractivity contribution is 7.89. The first-order valence-electron chi connectivity index (χ1n) is 11.8. The molecule has 3 aromatic rings. The fraction of sp³-hybridized carbons (Fsp3) is 0.296. The third-order valence-corrected chi connectivity index (χ3v) is 7.64. The zero-order valence-corrected chi connectivity index (χ0v) is 21.6. The SMILES string of the molecule is COc1ccc(CCNC(=O)CN(Cc2ccccc2)S(=O)(=O)c2ccc3c(c2)OCCO3)cc1OC. The van der Waals surface area contributed by atoms with Crippen LogP contribution in [0.25, 0.3) is 0 Å². The van der Waals surface area contributed by atoms with E-state index in [9.17, 15) is 13.2 Å². The Morgan fingerprint density at radius 2 is 1.62 bits per heavy atom. The van der Waals surface area contributed by atoms with Gasteiger partial charge in [0, 0.05) is 19.2 Å². The van der Waals surface area contributed by atoms with Crippen LogP contribution in [0.5, 0.6) is 23.0 Å². The molecule has 0 saturated carbocycles. The lowest BCUT2D eigenvalue weighted by Crippen LogP contribution is -2.40. The second kappa shape index (κ2) is 12.0. The van der Waals surface area contributed by atoms with Crippen molar-refractivity contribution in [3.05, 3.63) is 77.9 Å². The maximum absolute atomic E-state index is 13.6. The number of hydrogen-bond donors (Lipinski definition) is 1. The van der Waals surface area contributed by atoms with Crippen LogP contribution in [0.1, 0.15) is 11.1 Å². The molecular weight excluding hydrogens is 496 g/mol. The lowest BCUT2D eigenvalue weighted by Gasteiger charge is -2.24. The van der Waals surface area contributed by atoms with Gasteiger partial charge in [0.15, 0.2) is 23.0 Å². The van der Waals surface area contributed by atoms with Gasteiger partial charge in [-0.3, -0.25) is 4.79 Å². The Hall–Kier alpha value is -3.76. The zero-order chi connectivity index (χ0) is 26.3. The Morgan fingerprint density at radius 1 is 0.892 bits per heavy atom. The Morgan fingerprint density at radius 3 is 2.35 bits per heavy atom. The zero-order valence-electron chi connectivity index (χ0n) is 20.8. The van der Waals surface area contributed by atoms with Crippen molar-refractivity contribution in [2.45, 2.75) is 17.9 Å². The summed E-state index contributed by atoms with van der Waals surface area (Å²) in [6.45, 7) is 0.783. The molecule has 0 atom stereocenters. The van der Waals surface area contributed by atoms with Gasteiger partial charge in [-0.25, -0.2) is 8.42 Å². The van der Waals surface area contributed by atoms with Crippen LogP contribution in [0.2, 0.25) is 0 Å². The third-order valence-electron chi connectivity index (χ3n) is 5.86. The van der Waals surface area contributed by atoms with Crippen LogP contribution in [0.4, 0.5) is 0 Å². The Bertz CT molecular complexity index is 1330. The van der Waals surface area contributed by atoms with Crippen molar-refractivity contribution >= 4 is 15.9 Å². The average molecular weight is 527 g/mol. The molecule has 1 N–H and O–H groups in total. The molecule has 1 aliphatic rings. The minimum atomic E-state index is -4.02. The van der Waals surface area contributed by atoms with E-state index in [1.165, 1.54) is 16.4 Å². The number of methoxy groups -OCH3 is 2. The number of ether oxygens (including phenoxy) is 4. The van der Waals surface area contributed by atoms with Gasteiger partial charge in [-0.05, 0) is 41.8 Å². The molecule has 0 aromatic heterocycles. The molecule has 37 heavy (non-hydrogen) atoms. The number of sulfonamides is 1. The van der Waals surface area contributed by atoms with Gasteiger partial charge in [0.1, 0.15) is 13.2 Å². The largest absolute Gasteiger partial charge is 0.493 e. The predicted octanol–water partition coefficient (Wildman–Crippen LogP) is 3.02. The molecule has 1 aliphatic heterocycles. The van der Waals surface area contributed by atoms with E-state index in [4.69, 9.17) is 18.9 Å². The minimum Gasteiger partial charge on any atom is -0.493 e. The lowest BCUT2D eigenvalue weighted by molar-refractivity contribution is -0.121. The Kier molecular flexibility index (Phi) is 8.52. The molecule has 10 heteroatoms. The Balaban J connectivity index is 1.47. The summed E-state index contributed by atoms with van der Waals surface area (Å²) in [5.74, 6) is 1.68. The van der Waals surface area contributed by atoms with Gasteiger partial charge in [-0.15, -0.1) is 0 Å². The van der Waals surface area contributed by atoms with Crippen molar-refractivity contribution in [1.29, 1.82) is 0 Å². The molecule has 0 radical (unpaired) electrons. The number of fused-ring (bicyclic) bond motifs is 1. The summed E-state index contributed by atoms with van der Waals surface area (Å²) in [6, 6.07) is 19.2. The number of nitrogens with zero attached hydrogens (tertiary/aromatic N) is 1. The van der Waals surface area contributed by atoms with Crippen molar-refractivity contribution in [2.24, 2.45) is 0 Å². The highest BCUT2D eigenvalue weighted by atomic mass is 32.2. The van der Waals surface area contributed by atoms with E-state index in [1.54, 1.807) is 26.4 Å². The summed E-state index contributed by atoms with van der Waals surface area (Å²) in [5.41, 5.74) is 1.71. The first-order chi connectivity index (χ1) is 17.9. The Labute approximate surface area is 217 Å². The molecular formula is C27H30N2O7S. The maximum atomic E-state index is 13.6. The number of rotatable bonds is 11. The number of nitrogens with one attached hydrogen (secondary N) is 1. The van der Waals surface area contributed by atoms with E-state index in [-0.39, 0.29) is 18.0 Å². The molecule has 1 amide bonds. The first kappa shape index (κ1) is 26.3. The van der Waals surface area contributed by atoms with Gasteiger partial charge in [0.05, 0.1) is 25.7 Å². The quantitative estimate of drug-likeness (QED) is 0.410. The first-order valence-corrected chi connectivity index (χ1v) is 13.3. The summed E-state index contributed by atoms with van der Waals surface area (Å²) < 4.78 is 50.0. The van der Waals surface area contributed by atoms with Crippen LogP contribution in [0, 0.1) is 0 Å². The predicted molar refractivity (Wildman–Crippen MR) is 138 cm³/mol. The fourth-order valence-electron chi connectivity index (χ4n) is 3.94.